The zero-order valence-electron chi connectivity index (χ0n) is 9.42. The second kappa shape index (κ2) is 7.55. The van der Waals surface area contributed by atoms with E-state index in [1.807, 2.05) is 0 Å². The molecule has 14 heavy (non-hydrogen) atoms. The van der Waals surface area contributed by atoms with Gasteiger partial charge in [0, 0.05) is 25.4 Å². The van der Waals surface area contributed by atoms with E-state index in [1.165, 1.54) is 17.9 Å². The maximum absolute atomic E-state index is 5.32. The first kappa shape index (κ1) is 12.3. The molecule has 1 heterocycles. The highest BCUT2D eigenvalue weighted by atomic mass is 32.2. The molecule has 0 aromatic carbocycles. The Morgan fingerprint density at radius 3 is 3.00 bits per heavy atom. The van der Waals surface area contributed by atoms with Crippen LogP contribution in [-0.4, -0.2) is 37.8 Å². The molecule has 0 saturated carbocycles. The van der Waals surface area contributed by atoms with Gasteiger partial charge in [0.05, 0.1) is 6.61 Å². The number of ether oxygens (including phenoxy) is 1. The zero-order valence-corrected chi connectivity index (χ0v) is 10.2. The highest BCUT2D eigenvalue weighted by Crippen LogP contribution is 2.10. The van der Waals surface area contributed by atoms with E-state index in [1.54, 1.807) is 0 Å². The smallest absolute Gasteiger partial charge is 0.0507 e. The Balaban J connectivity index is 1.79. The van der Waals surface area contributed by atoms with Crippen LogP contribution in [0.2, 0.25) is 0 Å². The summed E-state index contributed by atoms with van der Waals surface area (Å²) >= 11 is 2.05. The highest BCUT2D eigenvalue weighted by molar-refractivity contribution is 7.99. The van der Waals surface area contributed by atoms with Crippen molar-refractivity contribution in [3.8, 4) is 0 Å². The molecule has 3 heteroatoms. The van der Waals surface area contributed by atoms with Gasteiger partial charge in [-0.15, -0.1) is 0 Å². The van der Waals surface area contributed by atoms with Gasteiger partial charge >= 0.3 is 0 Å². The minimum absolute atomic E-state index is 0.769. The van der Waals surface area contributed by atoms with Gasteiger partial charge < -0.3 is 10.1 Å². The summed E-state index contributed by atoms with van der Waals surface area (Å²) in [6.45, 7) is 8.77. The topological polar surface area (TPSA) is 21.3 Å². The first-order chi connectivity index (χ1) is 6.79. The van der Waals surface area contributed by atoms with Crippen LogP contribution in [-0.2, 0) is 4.74 Å². The van der Waals surface area contributed by atoms with Crippen LogP contribution in [0.4, 0.5) is 0 Å². The molecule has 2 nitrogen and oxygen atoms in total. The van der Waals surface area contributed by atoms with Gasteiger partial charge in [0.25, 0.3) is 0 Å². The van der Waals surface area contributed by atoms with Gasteiger partial charge in [-0.1, -0.05) is 13.8 Å². The Hall–Kier alpha value is 0.270. The molecule has 1 atom stereocenters. The van der Waals surface area contributed by atoms with Crippen molar-refractivity contribution >= 4 is 11.8 Å². The zero-order chi connectivity index (χ0) is 10.2. The van der Waals surface area contributed by atoms with Crippen LogP contribution in [0, 0.1) is 11.8 Å². The minimum Gasteiger partial charge on any atom is -0.381 e. The number of hydrogen-bond donors (Lipinski definition) is 1. The normalized spacial score (nSPS) is 22.1. The number of hydrogen-bond acceptors (Lipinski definition) is 3. The van der Waals surface area contributed by atoms with E-state index in [4.69, 9.17) is 4.74 Å². The van der Waals surface area contributed by atoms with Crippen molar-refractivity contribution in [2.24, 2.45) is 11.8 Å². The molecule has 0 bridgehead atoms. The summed E-state index contributed by atoms with van der Waals surface area (Å²) in [4.78, 5) is 0. The second-order valence-corrected chi connectivity index (χ2v) is 5.55. The van der Waals surface area contributed by atoms with Crippen LogP contribution in [0.1, 0.15) is 20.3 Å². The molecule has 84 valence electrons. The summed E-state index contributed by atoms with van der Waals surface area (Å²) < 4.78 is 5.32. The molecule has 1 rings (SSSR count). The van der Waals surface area contributed by atoms with Crippen molar-refractivity contribution in [1.82, 2.24) is 5.32 Å². The number of thioether (sulfide) groups is 1. The lowest BCUT2D eigenvalue weighted by atomic mass is 10.1. The Morgan fingerprint density at radius 2 is 2.36 bits per heavy atom. The van der Waals surface area contributed by atoms with Crippen molar-refractivity contribution in [1.29, 1.82) is 0 Å². The molecule has 0 aliphatic carbocycles. The van der Waals surface area contributed by atoms with Crippen LogP contribution in [0.5, 0.6) is 0 Å². The van der Waals surface area contributed by atoms with E-state index in [0.717, 1.165) is 38.1 Å². The molecule has 0 aromatic heterocycles. The molecule has 1 aliphatic rings. The fraction of sp³-hybridized carbons (Fsp3) is 1.00. The molecular weight excluding hydrogens is 194 g/mol. The molecule has 1 unspecified atom stereocenters. The van der Waals surface area contributed by atoms with Crippen LogP contribution < -0.4 is 5.32 Å². The van der Waals surface area contributed by atoms with Gasteiger partial charge in [-0.3, -0.25) is 0 Å². The van der Waals surface area contributed by atoms with Crippen molar-refractivity contribution in [3.05, 3.63) is 0 Å². The fourth-order valence-electron chi connectivity index (χ4n) is 1.51. The summed E-state index contributed by atoms with van der Waals surface area (Å²) in [6.07, 6.45) is 1.24. The summed E-state index contributed by atoms with van der Waals surface area (Å²) in [6, 6.07) is 0. The van der Waals surface area contributed by atoms with E-state index in [9.17, 15) is 0 Å². The number of nitrogens with one attached hydrogen (secondary N) is 1. The van der Waals surface area contributed by atoms with Crippen molar-refractivity contribution < 1.29 is 4.74 Å². The highest BCUT2D eigenvalue weighted by Gasteiger charge is 2.14. The summed E-state index contributed by atoms with van der Waals surface area (Å²) in [5.74, 6) is 4.12. The molecule has 0 aromatic rings. The van der Waals surface area contributed by atoms with E-state index in [-0.39, 0.29) is 0 Å². The molecule has 1 N–H and O–H groups in total. The quantitative estimate of drug-likeness (QED) is 0.659. The van der Waals surface area contributed by atoms with Crippen LogP contribution >= 0.6 is 11.8 Å². The Morgan fingerprint density at radius 1 is 1.50 bits per heavy atom. The van der Waals surface area contributed by atoms with Crippen LogP contribution in [0.3, 0.4) is 0 Å². The van der Waals surface area contributed by atoms with Crippen LogP contribution in [0.15, 0.2) is 0 Å². The van der Waals surface area contributed by atoms with Crippen molar-refractivity contribution in [2.45, 2.75) is 20.3 Å². The lowest BCUT2D eigenvalue weighted by molar-refractivity contribution is 0.185. The maximum atomic E-state index is 5.32. The Labute approximate surface area is 92.2 Å². The summed E-state index contributed by atoms with van der Waals surface area (Å²) in [5, 5.41) is 3.50. The van der Waals surface area contributed by atoms with Crippen LogP contribution in [0.25, 0.3) is 0 Å². The number of rotatable bonds is 7. The molecule has 1 aliphatic heterocycles. The SMILES string of the molecule is CC(C)CSCCNCC1CCOC1. The van der Waals surface area contributed by atoms with Crippen molar-refractivity contribution in [3.63, 3.8) is 0 Å². The third-order valence-electron chi connectivity index (χ3n) is 2.33. The van der Waals surface area contributed by atoms with Gasteiger partial charge in [-0.2, -0.15) is 11.8 Å². The maximum Gasteiger partial charge on any atom is 0.0507 e. The monoisotopic (exact) mass is 217 g/mol. The van der Waals surface area contributed by atoms with Gasteiger partial charge in [-0.25, -0.2) is 0 Å². The minimum atomic E-state index is 0.769. The largest absolute Gasteiger partial charge is 0.381 e. The molecule has 0 spiro atoms. The average Bonchev–Trinajstić information content (AvgIpc) is 2.63. The Kier molecular flexibility index (Phi) is 6.65. The summed E-state index contributed by atoms with van der Waals surface area (Å²) in [7, 11) is 0. The predicted octanol–water partition coefficient (Wildman–Crippen LogP) is 2.00. The van der Waals surface area contributed by atoms with Gasteiger partial charge in [0.15, 0.2) is 0 Å². The Bertz CT molecular complexity index is 135. The molecule has 0 radical (unpaired) electrons. The molecule has 1 saturated heterocycles. The third kappa shape index (κ3) is 5.89. The average molecular weight is 217 g/mol. The first-order valence-electron chi connectivity index (χ1n) is 5.65. The van der Waals surface area contributed by atoms with Crippen molar-refractivity contribution in [2.75, 3.05) is 37.8 Å². The third-order valence-corrected chi connectivity index (χ3v) is 3.73. The van der Waals surface area contributed by atoms with E-state index >= 15 is 0 Å². The van der Waals surface area contributed by atoms with Gasteiger partial charge in [0.2, 0.25) is 0 Å². The first-order valence-corrected chi connectivity index (χ1v) is 6.80. The lowest BCUT2D eigenvalue weighted by Crippen LogP contribution is -2.25. The van der Waals surface area contributed by atoms with E-state index in [2.05, 4.69) is 30.9 Å². The standard InChI is InChI=1S/C11H23NOS/c1-10(2)9-14-6-4-12-7-11-3-5-13-8-11/h10-12H,3-9H2,1-2H3. The van der Waals surface area contributed by atoms with E-state index < -0.39 is 0 Å². The fourth-order valence-corrected chi connectivity index (χ4v) is 2.44. The predicted molar refractivity (Wildman–Crippen MR) is 64.0 cm³/mol. The second-order valence-electron chi connectivity index (χ2n) is 4.40. The summed E-state index contributed by atoms with van der Waals surface area (Å²) in [5.41, 5.74) is 0. The van der Waals surface area contributed by atoms with E-state index in [0.29, 0.717) is 0 Å². The van der Waals surface area contributed by atoms with Gasteiger partial charge in [0.1, 0.15) is 0 Å². The molecular formula is C11H23NOS. The molecule has 1 fully saturated rings. The molecule has 0 amide bonds. The van der Waals surface area contributed by atoms with Gasteiger partial charge in [-0.05, 0) is 24.0 Å². The lowest BCUT2D eigenvalue weighted by Gasteiger charge is -2.09.